The van der Waals surface area contributed by atoms with Gasteiger partial charge in [0.05, 0.1) is 25.0 Å². The zero-order valence-electron chi connectivity index (χ0n) is 17.2. The van der Waals surface area contributed by atoms with Crippen molar-refractivity contribution in [3.8, 4) is 11.4 Å². The van der Waals surface area contributed by atoms with E-state index in [1.165, 1.54) is 31.0 Å². The summed E-state index contributed by atoms with van der Waals surface area (Å²) in [5.74, 6) is 1.79. The lowest BCUT2D eigenvalue weighted by molar-refractivity contribution is 0.101. The van der Waals surface area contributed by atoms with E-state index in [9.17, 15) is 4.79 Å². The molecule has 3 aromatic rings. The first-order valence-electron chi connectivity index (χ1n) is 10.3. The summed E-state index contributed by atoms with van der Waals surface area (Å²) in [6, 6.07) is 17.4. The van der Waals surface area contributed by atoms with Crippen LogP contribution in [0.15, 0.2) is 59.8 Å². The number of para-hydroxylation sites is 2. The maximum atomic E-state index is 12.8. The summed E-state index contributed by atoms with van der Waals surface area (Å²) >= 11 is 1.41. The van der Waals surface area contributed by atoms with Crippen LogP contribution in [0.1, 0.15) is 35.4 Å². The van der Waals surface area contributed by atoms with Gasteiger partial charge in [0.1, 0.15) is 5.75 Å². The van der Waals surface area contributed by atoms with Gasteiger partial charge in [0.2, 0.25) is 0 Å². The second-order valence-electron chi connectivity index (χ2n) is 7.32. The first-order valence-corrected chi connectivity index (χ1v) is 11.3. The first-order chi connectivity index (χ1) is 14.8. The van der Waals surface area contributed by atoms with Gasteiger partial charge in [-0.25, -0.2) is 0 Å². The molecule has 1 fully saturated rings. The molecule has 0 radical (unpaired) electrons. The lowest BCUT2D eigenvalue weighted by Gasteiger charge is -2.26. The van der Waals surface area contributed by atoms with E-state index in [1.807, 2.05) is 30.3 Å². The van der Waals surface area contributed by atoms with Crippen molar-refractivity contribution >= 4 is 17.5 Å². The number of aromatic nitrogens is 3. The number of hydrogen-bond acceptors (Lipinski definition) is 6. The van der Waals surface area contributed by atoms with Crippen molar-refractivity contribution in [1.82, 2.24) is 19.7 Å². The van der Waals surface area contributed by atoms with E-state index in [2.05, 4.69) is 31.8 Å². The predicted octanol–water partition coefficient (Wildman–Crippen LogP) is 4.24. The van der Waals surface area contributed by atoms with Gasteiger partial charge in [-0.1, -0.05) is 48.5 Å². The Labute approximate surface area is 181 Å². The minimum absolute atomic E-state index is 0.0117. The monoisotopic (exact) mass is 422 g/mol. The molecule has 0 spiro atoms. The number of methoxy groups -OCH3 is 1. The van der Waals surface area contributed by atoms with Crippen molar-refractivity contribution in [2.75, 3.05) is 26.0 Å². The van der Waals surface area contributed by atoms with Gasteiger partial charge in [0.15, 0.2) is 16.8 Å². The van der Waals surface area contributed by atoms with Gasteiger partial charge in [-0.05, 0) is 50.2 Å². The van der Waals surface area contributed by atoms with E-state index in [1.54, 1.807) is 19.2 Å². The Hall–Kier alpha value is -2.64. The molecule has 0 amide bonds. The highest BCUT2D eigenvalue weighted by Crippen LogP contribution is 2.26. The van der Waals surface area contributed by atoms with Gasteiger partial charge < -0.3 is 4.74 Å². The largest absolute Gasteiger partial charge is 0.496 e. The van der Waals surface area contributed by atoms with Crippen molar-refractivity contribution < 1.29 is 9.53 Å². The first kappa shape index (κ1) is 20.6. The summed E-state index contributed by atoms with van der Waals surface area (Å²) in [5.41, 5.74) is 1.61. The van der Waals surface area contributed by atoms with Crippen molar-refractivity contribution in [3.63, 3.8) is 0 Å². The van der Waals surface area contributed by atoms with Crippen LogP contribution in [0.2, 0.25) is 0 Å². The number of likely N-dealkylation sites (tertiary alicyclic amines) is 1. The van der Waals surface area contributed by atoms with Crippen LogP contribution in [0, 0.1) is 0 Å². The number of ether oxygens (including phenoxy) is 1. The van der Waals surface area contributed by atoms with Crippen molar-refractivity contribution in [3.05, 3.63) is 66.0 Å². The lowest BCUT2D eigenvalue weighted by Crippen LogP contribution is -2.30. The van der Waals surface area contributed by atoms with E-state index >= 15 is 0 Å². The van der Waals surface area contributed by atoms with Gasteiger partial charge >= 0.3 is 0 Å². The number of thioether (sulfide) groups is 1. The Balaban J connectivity index is 1.56. The summed E-state index contributed by atoms with van der Waals surface area (Å²) in [4.78, 5) is 15.2. The minimum atomic E-state index is 0.0117. The van der Waals surface area contributed by atoms with Gasteiger partial charge in [0, 0.05) is 5.69 Å². The molecule has 2 aromatic carbocycles. The maximum absolute atomic E-state index is 12.8. The number of rotatable bonds is 8. The Bertz CT molecular complexity index is 984. The Kier molecular flexibility index (Phi) is 6.81. The van der Waals surface area contributed by atoms with Gasteiger partial charge in [0.25, 0.3) is 0 Å². The Morgan fingerprint density at radius 1 is 1.00 bits per heavy atom. The second kappa shape index (κ2) is 9.91. The molecule has 156 valence electrons. The van der Waals surface area contributed by atoms with E-state index in [0.717, 1.165) is 36.3 Å². The molecule has 2 heterocycles. The number of carbonyl (C=O) groups is 1. The van der Waals surface area contributed by atoms with Crippen LogP contribution in [-0.4, -0.2) is 51.4 Å². The Morgan fingerprint density at radius 2 is 1.73 bits per heavy atom. The molecule has 1 saturated heterocycles. The molecule has 0 aliphatic carbocycles. The number of Topliss-reactive ketones (excluding diaryl/α,β-unsaturated/α-hetero) is 1. The molecule has 0 N–H and O–H groups in total. The van der Waals surface area contributed by atoms with Crippen LogP contribution in [0.5, 0.6) is 5.75 Å². The lowest BCUT2D eigenvalue weighted by atomic mass is 10.1. The third-order valence-corrected chi connectivity index (χ3v) is 6.20. The molecular formula is C23H26N4O2S. The molecule has 30 heavy (non-hydrogen) atoms. The standard InChI is InChI=1S/C23H26N4O2S/c1-29-21-13-7-6-12-19(21)20(28)17-30-23-25-24-22(16-26-14-8-3-9-15-26)27(23)18-10-4-2-5-11-18/h2,4-7,10-13H,3,8-9,14-17H2,1H3. The summed E-state index contributed by atoms with van der Waals surface area (Å²) in [7, 11) is 1.58. The minimum Gasteiger partial charge on any atom is -0.496 e. The maximum Gasteiger partial charge on any atom is 0.196 e. The zero-order valence-corrected chi connectivity index (χ0v) is 18.0. The van der Waals surface area contributed by atoms with E-state index in [-0.39, 0.29) is 11.5 Å². The summed E-state index contributed by atoms with van der Waals surface area (Å²) < 4.78 is 7.41. The molecule has 1 aromatic heterocycles. The summed E-state index contributed by atoms with van der Waals surface area (Å²) in [6.07, 6.45) is 3.76. The van der Waals surface area contributed by atoms with Crippen molar-refractivity contribution in [1.29, 1.82) is 0 Å². The SMILES string of the molecule is COc1ccccc1C(=O)CSc1nnc(CN2CCCCC2)n1-c1ccccc1. The van der Waals surface area contributed by atoms with Gasteiger partial charge in [-0.15, -0.1) is 10.2 Å². The fourth-order valence-electron chi connectivity index (χ4n) is 3.73. The van der Waals surface area contributed by atoms with Crippen LogP contribution in [-0.2, 0) is 6.54 Å². The van der Waals surface area contributed by atoms with Crippen molar-refractivity contribution in [2.45, 2.75) is 31.0 Å². The topological polar surface area (TPSA) is 60.2 Å². The number of hydrogen-bond donors (Lipinski definition) is 0. The molecule has 0 unspecified atom stereocenters. The van der Waals surface area contributed by atoms with E-state index < -0.39 is 0 Å². The average molecular weight is 423 g/mol. The highest BCUT2D eigenvalue weighted by Gasteiger charge is 2.20. The summed E-state index contributed by atoms with van der Waals surface area (Å²) in [5, 5.41) is 9.65. The number of ketones is 1. The van der Waals surface area contributed by atoms with Crippen LogP contribution in [0.3, 0.4) is 0 Å². The fraction of sp³-hybridized carbons (Fsp3) is 0.348. The van der Waals surface area contributed by atoms with E-state index in [0.29, 0.717) is 11.3 Å². The average Bonchev–Trinajstić information content (AvgIpc) is 3.21. The van der Waals surface area contributed by atoms with Crippen LogP contribution >= 0.6 is 11.8 Å². The molecule has 1 aliphatic heterocycles. The highest BCUT2D eigenvalue weighted by atomic mass is 32.2. The fourth-order valence-corrected chi connectivity index (χ4v) is 4.59. The zero-order chi connectivity index (χ0) is 20.8. The van der Waals surface area contributed by atoms with Gasteiger partial charge in [-0.2, -0.15) is 0 Å². The van der Waals surface area contributed by atoms with E-state index in [4.69, 9.17) is 4.74 Å². The van der Waals surface area contributed by atoms with Crippen LogP contribution in [0.25, 0.3) is 5.69 Å². The predicted molar refractivity (Wildman–Crippen MR) is 119 cm³/mol. The Morgan fingerprint density at radius 3 is 2.50 bits per heavy atom. The molecule has 0 saturated carbocycles. The highest BCUT2D eigenvalue weighted by molar-refractivity contribution is 7.99. The van der Waals surface area contributed by atoms with Crippen LogP contribution in [0.4, 0.5) is 0 Å². The molecule has 0 bridgehead atoms. The van der Waals surface area contributed by atoms with Crippen molar-refractivity contribution in [2.24, 2.45) is 0 Å². The second-order valence-corrected chi connectivity index (χ2v) is 8.26. The third-order valence-electron chi connectivity index (χ3n) is 5.27. The molecule has 4 rings (SSSR count). The number of benzene rings is 2. The smallest absolute Gasteiger partial charge is 0.196 e. The quantitative estimate of drug-likeness (QED) is 0.400. The number of carbonyl (C=O) groups excluding carboxylic acids is 1. The molecular weight excluding hydrogens is 396 g/mol. The molecule has 1 aliphatic rings. The summed E-state index contributed by atoms with van der Waals surface area (Å²) in [6.45, 7) is 2.95. The van der Waals surface area contributed by atoms with Gasteiger partial charge in [-0.3, -0.25) is 14.3 Å². The number of nitrogens with zero attached hydrogens (tertiary/aromatic N) is 4. The molecule has 6 nitrogen and oxygen atoms in total. The molecule has 7 heteroatoms. The normalized spacial score (nSPS) is 14.6. The molecule has 0 atom stereocenters. The van der Waals surface area contributed by atoms with Crippen LogP contribution < -0.4 is 4.74 Å². The number of piperidine rings is 1. The third kappa shape index (κ3) is 4.74.